The molecular formula is C11H10ClF3N2OS. The molecule has 1 aromatic carbocycles. The molecule has 0 aliphatic carbocycles. The lowest BCUT2D eigenvalue weighted by molar-refractivity contribution is -0.137. The van der Waals surface area contributed by atoms with Crippen molar-refractivity contribution in [1.29, 1.82) is 0 Å². The van der Waals surface area contributed by atoms with Crippen LogP contribution < -0.4 is 11.1 Å². The average molecular weight is 311 g/mol. The van der Waals surface area contributed by atoms with E-state index >= 15 is 0 Å². The molecule has 0 heterocycles. The summed E-state index contributed by atoms with van der Waals surface area (Å²) >= 11 is 10.3. The maximum Gasteiger partial charge on any atom is 0.416 e. The van der Waals surface area contributed by atoms with Crippen molar-refractivity contribution in [3.8, 4) is 0 Å². The molecule has 0 aliphatic rings. The molecular weight excluding hydrogens is 301 g/mol. The number of thiocarbonyl (C=S) groups is 1. The topological polar surface area (TPSA) is 55.1 Å². The van der Waals surface area contributed by atoms with Crippen LogP contribution in [0.5, 0.6) is 0 Å². The quantitative estimate of drug-likeness (QED) is 0.843. The summed E-state index contributed by atoms with van der Waals surface area (Å²) < 4.78 is 37.2. The van der Waals surface area contributed by atoms with Crippen LogP contribution in [0.25, 0.3) is 0 Å². The van der Waals surface area contributed by atoms with Gasteiger partial charge in [-0.25, -0.2) is 0 Å². The maximum absolute atomic E-state index is 12.4. The van der Waals surface area contributed by atoms with Gasteiger partial charge in [0.05, 0.1) is 27.2 Å². The average Bonchev–Trinajstić information content (AvgIpc) is 2.29. The van der Waals surface area contributed by atoms with Gasteiger partial charge in [0, 0.05) is 0 Å². The summed E-state index contributed by atoms with van der Waals surface area (Å²) in [7, 11) is 0. The second kappa shape index (κ2) is 5.75. The van der Waals surface area contributed by atoms with Crippen molar-refractivity contribution in [2.75, 3.05) is 5.32 Å². The normalized spacial score (nSPS) is 12.9. The highest BCUT2D eigenvalue weighted by Crippen LogP contribution is 2.33. The summed E-state index contributed by atoms with van der Waals surface area (Å²) in [5, 5.41) is 2.15. The van der Waals surface area contributed by atoms with E-state index in [4.69, 9.17) is 17.3 Å². The number of hydrogen-bond donors (Lipinski definition) is 2. The first-order valence-corrected chi connectivity index (χ1v) is 5.88. The molecule has 104 valence electrons. The minimum Gasteiger partial charge on any atom is -0.393 e. The van der Waals surface area contributed by atoms with Gasteiger partial charge < -0.3 is 11.1 Å². The van der Waals surface area contributed by atoms with Gasteiger partial charge in [-0.2, -0.15) is 13.2 Å². The lowest BCUT2D eigenvalue weighted by Gasteiger charge is -2.13. The van der Waals surface area contributed by atoms with Crippen LogP contribution in [0.4, 0.5) is 18.9 Å². The van der Waals surface area contributed by atoms with Crippen molar-refractivity contribution in [2.45, 2.75) is 13.1 Å². The van der Waals surface area contributed by atoms with E-state index in [1.807, 2.05) is 0 Å². The van der Waals surface area contributed by atoms with Gasteiger partial charge in [-0.3, -0.25) is 4.79 Å². The van der Waals surface area contributed by atoms with Crippen LogP contribution in [0, 0.1) is 5.92 Å². The largest absolute Gasteiger partial charge is 0.416 e. The van der Waals surface area contributed by atoms with Gasteiger partial charge in [0.25, 0.3) is 0 Å². The van der Waals surface area contributed by atoms with Gasteiger partial charge in [-0.1, -0.05) is 23.8 Å². The smallest absolute Gasteiger partial charge is 0.393 e. The molecule has 1 rings (SSSR count). The van der Waals surface area contributed by atoms with E-state index in [-0.39, 0.29) is 15.7 Å². The lowest BCUT2D eigenvalue weighted by Crippen LogP contribution is -2.30. The molecule has 1 atom stereocenters. The number of benzene rings is 1. The standard InChI is InChI=1S/C11H10ClF3N2OS/c1-5(9(16)19)10(18)17-8-3-2-6(4-7(8)12)11(13,14)15/h2-5H,1H3,(H2,16,19)(H,17,18). The molecule has 0 radical (unpaired) electrons. The fourth-order valence-electron chi connectivity index (χ4n) is 1.16. The van der Waals surface area contributed by atoms with Gasteiger partial charge in [0.1, 0.15) is 0 Å². The van der Waals surface area contributed by atoms with Crippen LogP contribution in [-0.2, 0) is 11.0 Å². The number of hydrogen-bond acceptors (Lipinski definition) is 2. The summed E-state index contributed by atoms with van der Waals surface area (Å²) in [6.45, 7) is 1.48. The number of amides is 1. The first-order valence-electron chi connectivity index (χ1n) is 5.10. The molecule has 0 bridgehead atoms. The third kappa shape index (κ3) is 4.07. The van der Waals surface area contributed by atoms with E-state index in [0.29, 0.717) is 0 Å². The second-order valence-electron chi connectivity index (χ2n) is 3.81. The first kappa shape index (κ1) is 15.7. The maximum atomic E-state index is 12.4. The Labute approximate surface area is 117 Å². The number of anilines is 1. The molecule has 8 heteroatoms. The van der Waals surface area contributed by atoms with E-state index in [9.17, 15) is 18.0 Å². The van der Waals surface area contributed by atoms with Gasteiger partial charge in [-0.15, -0.1) is 0 Å². The summed E-state index contributed by atoms with van der Waals surface area (Å²) in [6.07, 6.45) is -4.49. The van der Waals surface area contributed by atoms with Gasteiger partial charge in [0.2, 0.25) is 5.91 Å². The Hall–Kier alpha value is -1.34. The van der Waals surface area contributed by atoms with Crippen LogP contribution in [0.3, 0.4) is 0 Å². The summed E-state index contributed by atoms with van der Waals surface area (Å²) in [4.78, 5) is 11.6. The van der Waals surface area contributed by atoms with E-state index < -0.39 is 23.6 Å². The molecule has 1 amide bonds. The van der Waals surface area contributed by atoms with Crippen molar-refractivity contribution in [3.63, 3.8) is 0 Å². The lowest BCUT2D eigenvalue weighted by atomic mass is 10.1. The zero-order valence-corrected chi connectivity index (χ0v) is 11.3. The molecule has 19 heavy (non-hydrogen) atoms. The van der Waals surface area contributed by atoms with Crippen molar-refractivity contribution < 1.29 is 18.0 Å². The van der Waals surface area contributed by atoms with Crippen molar-refractivity contribution >= 4 is 40.4 Å². The Morgan fingerprint density at radius 3 is 2.47 bits per heavy atom. The minimum absolute atomic E-state index is 0.0134. The summed E-state index contributed by atoms with van der Waals surface area (Å²) in [5.74, 6) is -1.28. The van der Waals surface area contributed by atoms with Crippen LogP contribution >= 0.6 is 23.8 Å². The molecule has 0 fully saturated rings. The van der Waals surface area contributed by atoms with E-state index in [1.165, 1.54) is 6.92 Å². The number of rotatable bonds is 3. The molecule has 1 aromatic rings. The van der Waals surface area contributed by atoms with Crippen LogP contribution in [-0.4, -0.2) is 10.9 Å². The summed E-state index contributed by atoms with van der Waals surface area (Å²) in [5.41, 5.74) is 4.48. The van der Waals surface area contributed by atoms with Crippen molar-refractivity contribution in [2.24, 2.45) is 11.7 Å². The van der Waals surface area contributed by atoms with Crippen molar-refractivity contribution in [3.05, 3.63) is 28.8 Å². The molecule has 3 nitrogen and oxygen atoms in total. The van der Waals surface area contributed by atoms with Crippen molar-refractivity contribution in [1.82, 2.24) is 0 Å². The van der Waals surface area contributed by atoms with Crippen LogP contribution in [0.2, 0.25) is 5.02 Å². The van der Waals surface area contributed by atoms with Gasteiger partial charge >= 0.3 is 6.18 Å². The van der Waals surface area contributed by atoms with E-state index in [0.717, 1.165) is 18.2 Å². The predicted molar refractivity (Wildman–Crippen MR) is 71.0 cm³/mol. The molecule has 0 saturated carbocycles. The molecule has 0 saturated heterocycles. The predicted octanol–water partition coefficient (Wildman–Crippen LogP) is 3.22. The number of alkyl halides is 3. The number of nitrogens with one attached hydrogen (secondary N) is 1. The van der Waals surface area contributed by atoms with Crippen LogP contribution in [0.15, 0.2) is 18.2 Å². The molecule has 3 N–H and O–H groups in total. The third-order valence-electron chi connectivity index (χ3n) is 2.37. The molecule has 1 unspecified atom stereocenters. The number of nitrogens with two attached hydrogens (primary N) is 1. The highest BCUT2D eigenvalue weighted by Gasteiger charge is 2.31. The molecule has 0 aliphatic heterocycles. The summed E-state index contributed by atoms with van der Waals surface area (Å²) in [6, 6.07) is 2.64. The fourth-order valence-corrected chi connectivity index (χ4v) is 1.50. The monoisotopic (exact) mass is 310 g/mol. The van der Waals surface area contributed by atoms with E-state index in [1.54, 1.807) is 0 Å². The minimum atomic E-state index is -4.49. The number of halogens is 4. The van der Waals surface area contributed by atoms with Gasteiger partial charge in [-0.05, 0) is 25.1 Å². The molecule has 0 spiro atoms. The Morgan fingerprint density at radius 2 is 2.05 bits per heavy atom. The Kier molecular flexibility index (Phi) is 4.75. The number of carbonyl (C=O) groups is 1. The highest BCUT2D eigenvalue weighted by molar-refractivity contribution is 7.80. The Morgan fingerprint density at radius 1 is 1.47 bits per heavy atom. The zero-order valence-electron chi connectivity index (χ0n) is 9.72. The Balaban J connectivity index is 2.93. The SMILES string of the molecule is CC(C(=O)Nc1ccc(C(F)(F)F)cc1Cl)C(N)=S. The van der Waals surface area contributed by atoms with Gasteiger partial charge in [0.15, 0.2) is 0 Å². The molecule has 0 aromatic heterocycles. The second-order valence-corrected chi connectivity index (χ2v) is 4.68. The van der Waals surface area contributed by atoms with Crippen LogP contribution in [0.1, 0.15) is 12.5 Å². The zero-order chi connectivity index (χ0) is 14.8. The Bertz CT molecular complexity index is 519. The fraction of sp³-hybridized carbons (Fsp3) is 0.273. The first-order chi connectivity index (χ1) is 8.62. The highest BCUT2D eigenvalue weighted by atomic mass is 35.5. The number of carbonyl (C=O) groups excluding carboxylic acids is 1. The third-order valence-corrected chi connectivity index (χ3v) is 3.04. The van der Waals surface area contributed by atoms with E-state index in [2.05, 4.69) is 17.5 Å².